The van der Waals surface area contributed by atoms with Crippen molar-refractivity contribution >= 4 is 39.7 Å². The standard InChI is InChI=1S/C22H20N4O3S/c27-19(9-10-26-20(28)16-3-1-2-4-17(16)21(26)29)23-15-7-5-14(6-8-15)18-13-25-11-12-30-22(25)24-18/h1-2,5-8,11-13,16-17H,3-4,9-10H2,(H,23,27)/t16-,17-/m1/s1. The van der Waals surface area contributed by atoms with Crippen LogP contribution in [0.25, 0.3) is 16.2 Å². The van der Waals surface area contributed by atoms with Gasteiger partial charge in [0.1, 0.15) is 0 Å². The second-order valence-electron chi connectivity index (χ2n) is 7.58. The molecule has 1 aliphatic heterocycles. The second-order valence-corrected chi connectivity index (χ2v) is 8.45. The van der Waals surface area contributed by atoms with E-state index in [9.17, 15) is 14.4 Å². The number of hydrogen-bond acceptors (Lipinski definition) is 5. The van der Waals surface area contributed by atoms with Crippen molar-refractivity contribution in [3.63, 3.8) is 0 Å². The van der Waals surface area contributed by atoms with E-state index in [2.05, 4.69) is 10.3 Å². The highest BCUT2D eigenvalue weighted by Crippen LogP contribution is 2.35. The molecule has 1 fully saturated rings. The molecule has 30 heavy (non-hydrogen) atoms. The van der Waals surface area contributed by atoms with E-state index in [4.69, 9.17) is 0 Å². The molecule has 0 unspecified atom stereocenters. The van der Waals surface area contributed by atoms with Crippen LogP contribution in [0.15, 0.2) is 54.2 Å². The van der Waals surface area contributed by atoms with Crippen molar-refractivity contribution in [2.24, 2.45) is 11.8 Å². The minimum atomic E-state index is -0.253. The maximum Gasteiger partial charge on any atom is 0.233 e. The third kappa shape index (κ3) is 3.33. The van der Waals surface area contributed by atoms with Crippen LogP contribution in [-0.2, 0) is 14.4 Å². The lowest BCUT2D eigenvalue weighted by Crippen LogP contribution is -2.34. The number of amides is 3. The van der Waals surface area contributed by atoms with Gasteiger partial charge < -0.3 is 5.32 Å². The van der Waals surface area contributed by atoms with Gasteiger partial charge in [-0.15, -0.1) is 11.3 Å². The number of imidazole rings is 1. The molecule has 3 heterocycles. The second kappa shape index (κ2) is 7.53. The average Bonchev–Trinajstić information content (AvgIpc) is 3.42. The van der Waals surface area contributed by atoms with Crippen LogP contribution in [0.4, 0.5) is 5.69 Å². The molecular formula is C22H20N4O3S. The van der Waals surface area contributed by atoms with E-state index in [1.54, 1.807) is 11.3 Å². The Morgan fingerprint density at radius 3 is 2.47 bits per heavy atom. The zero-order valence-corrected chi connectivity index (χ0v) is 17.0. The van der Waals surface area contributed by atoms with Crippen LogP contribution >= 0.6 is 11.3 Å². The zero-order chi connectivity index (χ0) is 20.7. The van der Waals surface area contributed by atoms with Gasteiger partial charge in [-0.1, -0.05) is 24.3 Å². The molecule has 2 atom stereocenters. The first-order valence-corrected chi connectivity index (χ1v) is 10.8. The minimum absolute atomic E-state index is 0.0867. The summed E-state index contributed by atoms with van der Waals surface area (Å²) in [7, 11) is 0. The van der Waals surface area contributed by atoms with Gasteiger partial charge in [0.2, 0.25) is 17.7 Å². The number of hydrogen-bond donors (Lipinski definition) is 1. The number of nitrogens with zero attached hydrogens (tertiary/aromatic N) is 3. The number of anilines is 1. The smallest absolute Gasteiger partial charge is 0.233 e. The van der Waals surface area contributed by atoms with E-state index in [1.165, 1.54) is 4.90 Å². The lowest BCUT2D eigenvalue weighted by molar-refractivity contribution is -0.140. The molecule has 3 aromatic rings. The van der Waals surface area contributed by atoms with Gasteiger partial charge in [0.15, 0.2) is 4.96 Å². The first kappa shape index (κ1) is 18.7. The van der Waals surface area contributed by atoms with Crippen molar-refractivity contribution in [3.8, 4) is 11.3 Å². The van der Waals surface area contributed by atoms with E-state index in [0.717, 1.165) is 16.2 Å². The topological polar surface area (TPSA) is 83.8 Å². The Hall–Kier alpha value is -3.26. The summed E-state index contributed by atoms with van der Waals surface area (Å²) in [5.74, 6) is -1.02. The van der Waals surface area contributed by atoms with Crippen molar-refractivity contribution in [2.45, 2.75) is 19.3 Å². The Labute approximate surface area is 177 Å². The fourth-order valence-corrected chi connectivity index (χ4v) is 4.82. The van der Waals surface area contributed by atoms with Crippen molar-refractivity contribution in [1.29, 1.82) is 0 Å². The van der Waals surface area contributed by atoms with E-state index < -0.39 is 0 Å². The van der Waals surface area contributed by atoms with Gasteiger partial charge in [0.25, 0.3) is 0 Å². The van der Waals surface area contributed by atoms with E-state index in [0.29, 0.717) is 18.5 Å². The molecule has 5 rings (SSSR count). The number of aromatic nitrogens is 2. The monoisotopic (exact) mass is 420 g/mol. The summed E-state index contributed by atoms with van der Waals surface area (Å²) in [5, 5.41) is 4.82. The molecular weight excluding hydrogens is 400 g/mol. The lowest BCUT2D eigenvalue weighted by atomic mass is 9.85. The molecule has 1 N–H and O–H groups in total. The number of carbonyl (C=O) groups is 3. The van der Waals surface area contributed by atoms with Gasteiger partial charge >= 0.3 is 0 Å². The van der Waals surface area contributed by atoms with Gasteiger partial charge in [-0.2, -0.15) is 0 Å². The lowest BCUT2D eigenvalue weighted by Gasteiger charge is -2.14. The maximum atomic E-state index is 12.5. The van der Waals surface area contributed by atoms with Gasteiger partial charge in [-0.3, -0.25) is 23.7 Å². The first-order valence-electron chi connectivity index (χ1n) is 9.93. The maximum absolute atomic E-state index is 12.5. The Balaban J connectivity index is 1.18. The Kier molecular flexibility index (Phi) is 4.71. The van der Waals surface area contributed by atoms with Crippen LogP contribution in [-0.4, -0.2) is 38.6 Å². The number of carbonyl (C=O) groups excluding carboxylic acids is 3. The summed E-state index contributed by atoms with van der Waals surface area (Å²) in [5.41, 5.74) is 2.51. The van der Waals surface area contributed by atoms with Crippen LogP contribution in [0.5, 0.6) is 0 Å². The van der Waals surface area contributed by atoms with Crippen LogP contribution in [0.2, 0.25) is 0 Å². The highest BCUT2D eigenvalue weighted by atomic mass is 32.1. The number of likely N-dealkylation sites (tertiary alicyclic amines) is 1. The van der Waals surface area contributed by atoms with Crippen molar-refractivity contribution in [2.75, 3.05) is 11.9 Å². The zero-order valence-electron chi connectivity index (χ0n) is 16.2. The molecule has 1 aliphatic carbocycles. The van der Waals surface area contributed by atoms with Crippen LogP contribution in [0, 0.1) is 11.8 Å². The summed E-state index contributed by atoms with van der Waals surface area (Å²) >= 11 is 1.58. The average molecular weight is 420 g/mol. The van der Waals surface area contributed by atoms with Crippen molar-refractivity contribution < 1.29 is 14.4 Å². The number of rotatable bonds is 5. The fourth-order valence-electron chi connectivity index (χ4n) is 4.12. The molecule has 3 amide bonds. The van der Waals surface area contributed by atoms with E-state index in [1.807, 2.05) is 58.6 Å². The quantitative estimate of drug-likeness (QED) is 0.507. The molecule has 0 spiro atoms. The van der Waals surface area contributed by atoms with E-state index >= 15 is 0 Å². The SMILES string of the molecule is O=C(CCN1C(=O)[C@@H]2CC=CC[C@H]2C1=O)Nc1ccc(-c2cn3ccsc3n2)cc1. The molecule has 2 aliphatic rings. The highest BCUT2D eigenvalue weighted by Gasteiger charge is 2.46. The number of benzene rings is 1. The van der Waals surface area contributed by atoms with Crippen molar-refractivity contribution in [1.82, 2.24) is 14.3 Å². The predicted octanol–water partition coefficient (Wildman–Crippen LogP) is 3.34. The summed E-state index contributed by atoms with van der Waals surface area (Å²) in [4.78, 5) is 44.1. The van der Waals surface area contributed by atoms with Gasteiger partial charge in [-0.25, -0.2) is 4.98 Å². The van der Waals surface area contributed by atoms with E-state index in [-0.39, 0.29) is 42.5 Å². The molecule has 8 heteroatoms. The molecule has 7 nitrogen and oxygen atoms in total. The first-order chi connectivity index (χ1) is 14.6. The molecule has 152 valence electrons. The predicted molar refractivity (Wildman–Crippen MR) is 114 cm³/mol. The number of thiazole rings is 1. The Bertz CT molecular complexity index is 1110. The van der Waals surface area contributed by atoms with Gasteiger partial charge in [0, 0.05) is 42.0 Å². The number of nitrogens with one attached hydrogen (secondary N) is 1. The Morgan fingerprint density at radius 1 is 1.10 bits per heavy atom. The van der Waals surface area contributed by atoms with Crippen molar-refractivity contribution in [3.05, 3.63) is 54.2 Å². The fraction of sp³-hybridized carbons (Fsp3) is 0.273. The summed E-state index contributed by atoms with van der Waals surface area (Å²) < 4.78 is 1.98. The molecule has 0 bridgehead atoms. The van der Waals surface area contributed by atoms with Crippen LogP contribution in [0.3, 0.4) is 0 Å². The summed E-state index contributed by atoms with van der Waals surface area (Å²) in [6.45, 7) is 0.125. The normalized spacial score (nSPS) is 20.7. The minimum Gasteiger partial charge on any atom is -0.326 e. The molecule has 0 radical (unpaired) electrons. The molecule has 0 saturated carbocycles. The third-order valence-corrected chi connectivity index (χ3v) is 6.49. The number of imide groups is 1. The van der Waals surface area contributed by atoms with Crippen LogP contribution in [0.1, 0.15) is 19.3 Å². The summed E-state index contributed by atoms with van der Waals surface area (Å²) in [6, 6.07) is 7.47. The molecule has 1 saturated heterocycles. The van der Waals surface area contributed by atoms with Crippen LogP contribution < -0.4 is 5.32 Å². The third-order valence-electron chi connectivity index (χ3n) is 5.72. The largest absolute Gasteiger partial charge is 0.326 e. The molecule has 2 aromatic heterocycles. The Morgan fingerprint density at radius 2 is 1.80 bits per heavy atom. The number of allylic oxidation sites excluding steroid dienone is 2. The van der Waals surface area contributed by atoms with Gasteiger partial charge in [0.05, 0.1) is 17.5 Å². The van der Waals surface area contributed by atoms with Gasteiger partial charge in [-0.05, 0) is 25.0 Å². The number of fused-ring (bicyclic) bond motifs is 2. The highest BCUT2D eigenvalue weighted by molar-refractivity contribution is 7.15. The molecule has 1 aromatic carbocycles. The summed E-state index contributed by atoms with van der Waals surface area (Å²) in [6.07, 6.45) is 9.16.